The van der Waals surface area contributed by atoms with E-state index in [0.717, 1.165) is 11.0 Å². The van der Waals surface area contributed by atoms with E-state index in [2.05, 4.69) is 9.97 Å². The average Bonchev–Trinajstić information content (AvgIpc) is 2.65. The molecule has 5 nitrogen and oxygen atoms in total. The van der Waals surface area contributed by atoms with Crippen LogP contribution in [0.25, 0.3) is 11.0 Å². The van der Waals surface area contributed by atoms with Gasteiger partial charge in [0.05, 0.1) is 36.5 Å². The normalized spacial score (nSPS) is 13.1. The van der Waals surface area contributed by atoms with Crippen LogP contribution in [0.15, 0.2) is 18.5 Å². The van der Waals surface area contributed by atoms with Gasteiger partial charge in [0.2, 0.25) is 0 Å². The molecule has 17 heavy (non-hydrogen) atoms. The number of hydrogen-bond donors (Lipinski definition) is 1. The molecule has 0 saturated carbocycles. The summed E-state index contributed by atoms with van der Waals surface area (Å²) >= 11 is 5.29. The molecule has 0 fully saturated rings. The molecule has 0 aromatic carbocycles. The van der Waals surface area contributed by atoms with Gasteiger partial charge in [-0.25, -0.2) is 0 Å². The lowest BCUT2D eigenvalue weighted by molar-refractivity contribution is 0.0188. The van der Waals surface area contributed by atoms with E-state index in [1.54, 1.807) is 26.6 Å². The van der Waals surface area contributed by atoms with Crippen molar-refractivity contribution in [2.45, 2.75) is 12.6 Å². The van der Waals surface area contributed by atoms with Crippen molar-refractivity contribution in [3.8, 4) is 0 Å². The Balaban J connectivity index is 2.34. The second-order valence-electron chi connectivity index (χ2n) is 3.75. The van der Waals surface area contributed by atoms with Crippen molar-refractivity contribution in [1.82, 2.24) is 14.5 Å². The summed E-state index contributed by atoms with van der Waals surface area (Å²) in [4.78, 5) is 7.17. The predicted octanol–water partition coefficient (Wildman–Crippen LogP) is 1.76. The van der Waals surface area contributed by atoms with Gasteiger partial charge in [-0.05, 0) is 18.3 Å². The van der Waals surface area contributed by atoms with Crippen molar-refractivity contribution in [2.24, 2.45) is 0 Å². The molecule has 2 rings (SSSR count). The second-order valence-corrected chi connectivity index (χ2v) is 4.13. The van der Waals surface area contributed by atoms with Gasteiger partial charge >= 0.3 is 0 Å². The number of aromatic nitrogens is 3. The Kier molecular flexibility index (Phi) is 3.88. The molecule has 0 aliphatic heterocycles. The first-order chi connectivity index (χ1) is 8.26. The molecule has 2 heterocycles. The van der Waals surface area contributed by atoms with Gasteiger partial charge < -0.3 is 19.0 Å². The largest absolute Gasteiger partial charge is 0.382 e. The number of methoxy groups -OCH3 is 2. The molecule has 2 aromatic heterocycles. The van der Waals surface area contributed by atoms with Crippen molar-refractivity contribution in [2.75, 3.05) is 20.8 Å². The van der Waals surface area contributed by atoms with Crippen LogP contribution >= 0.6 is 12.2 Å². The number of hydrogen-bond acceptors (Lipinski definition) is 4. The summed E-state index contributed by atoms with van der Waals surface area (Å²) in [5.74, 6) is 0. The molecule has 0 spiro atoms. The quantitative estimate of drug-likeness (QED) is 0.825. The molecule has 0 bridgehead atoms. The minimum Gasteiger partial charge on any atom is -0.382 e. The zero-order chi connectivity index (χ0) is 12.3. The average molecular weight is 253 g/mol. The lowest BCUT2D eigenvalue weighted by atomic mass is 10.3. The molecule has 0 aliphatic rings. The fraction of sp³-hybridized carbons (Fsp3) is 0.455. The van der Waals surface area contributed by atoms with Crippen molar-refractivity contribution >= 4 is 23.3 Å². The molecule has 1 atom stereocenters. The summed E-state index contributed by atoms with van der Waals surface area (Å²) in [7, 11) is 3.33. The van der Waals surface area contributed by atoms with Gasteiger partial charge in [0, 0.05) is 20.4 Å². The van der Waals surface area contributed by atoms with Crippen molar-refractivity contribution in [1.29, 1.82) is 0 Å². The number of imidazole rings is 1. The van der Waals surface area contributed by atoms with E-state index in [0.29, 0.717) is 17.9 Å². The summed E-state index contributed by atoms with van der Waals surface area (Å²) in [6, 6.07) is 1.93. The lowest BCUT2D eigenvalue weighted by Crippen LogP contribution is -2.23. The summed E-state index contributed by atoms with van der Waals surface area (Å²) < 4.78 is 13.1. The summed E-state index contributed by atoms with van der Waals surface area (Å²) in [5.41, 5.74) is 1.97. The number of H-pyrrole nitrogens is 1. The maximum Gasteiger partial charge on any atom is 0.178 e. The number of fused-ring (bicyclic) bond motifs is 1. The van der Waals surface area contributed by atoms with Gasteiger partial charge in [0.25, 0.3) is 0 Å². The number of nitrogens with one attached hydrogen (secondary N) is 1. The van der Waals surface area contributed by atoms with E-state index in [-0.39, 0.29) is 6.10 Å². The molecule has 2 aromatic rings. The number of rotatable bonds is 5. The Morgan fingerprint density at radius 1 is 1.53 bits per heavy atom. The Labute approximate surface area is 104 Å². The van der Waals surface area contributed by atoms with Crippen LogP contribution in [0, 0.1) is 4.77 Å². The topological polar surface area (TPSA) is 52.1 Å². The standard InChI is InChI=1S/C11H15N3O2S/c1-15-7-8(16-2)6-14-10-3-4-12-5-9(10)13-11(14)17/h3-5,8H,6-7H2,1-2H3,(H,13,17). The van der Waals surface area contributed by atoms with Crippen molar-refractivity contribution in [3.63, 3.8) is 0 Å². The predicted molar refractivity (Wildman–Crippen MR) is 67.6 cm³/mol. The fourth-order valence-electron chi connectivity index (χ4n) is 1.78. The molecule has 0 saturated heterocycles. The highest BCUT2D eigenvalue weighted by Crippen LogP contribution is 2.13. The maximum atomic E-state index is 5.35. The monoisotopic (exact) mass is 253 g/mol. The summed E-state index contributed by atoms with van der Waals surface area (Å²) in [6.07, 6.45) is 3.50. The van der Waals surface area contributed by atoms with Gasteiger partial charge in [-0.2, -0.15) is 0 Å². The van der Waals surface area contributed by atoms with E-state index in [1.165, 1.54) is 0 Å². The number of pyridine rings is 1. The zero-order valence-corrected chi connectivity index (χ0v) is 10.7. The van der Waals surface area contributed by atoms with Crippen LogP contribution in [-0.2, 0) is 16.0 Å². The van der Waals surface area contributed by atoms with Crippen LogP contribution in [0.5, 0.6) is 0 Å². The summed E-state index contributed by atoms with van der Waals surface area (Å²) in [5, 5.41) is 0. The number of aromatic amines is 1. The molecule has 0 amide bonds. The van der Waals surface area contributed by atoms with Crippen LogP contribution in [0.4, 0.5) is 0 Å². The highest BCUT2D eigenvalue weighted by atomic mass is 32.1. The van der Waals surface area contributed by atoms with Crippen LogP contribution in [0.3, 0.4) is 0 Å². The Morgan fingerprint density at radius 2 is 2.35 bits per heavy atom. The van der Waals surface area contributed by atoms with Crippen LogP contribution in [-0.4, -0.2) is 41.5 Å². The third-order valence-electron chi connectivity index (χ3n) is 2.65. The van der Waals surface area contributed by atoms with Gasteiger partial charge in [-0.3, -0.25) is 4.98 Å². The Morgan fingerprint density at radius 3 is 3.06 bits per heavy atom. The first kappa shape index (κ1) is 12.2. The maximum absolute atomic E-state index is 5.35. The van der Waals surface area contributed by atoms with E-state index >= 15 is 0 Å². The zero-order valence-electron chi connectivity index (χ0n) is 9.84. The molecular weight excluding hydrogens is 238 g/mol. The Hall–Kier alpha value is -1.24. The number of nitrogens with zero attached hydrogens (tertiary/aromatic N) is 2. The highest BCUT2D eigenvalue weighted by molar-refractivity contribution is 7.71. The van der Waals surface area contributed by atoms with Crippen LogP contribution in [0.1, 0.15) is 0 Å². The smallest absolute Gasteiger partial charge is 0.178 e. The third kappa shape index (κ3) is 2.54. The number of ether oxygens (including phenoxy) is 2. The van der Waals surface area contributed by atoms with E-state index in [1.807, 2.05) is 10.6 Å². The lowest BCUT2D eigenvalue weighted by Gasteiger charge is -2.15. The molecular formula is C11H15N3O2S. The van der Waals surface area contributed by atoms with Crippen molar-refractivity contribution in [3.05, 3.63) is 23.2 Å². The second kappa shape index (κ2) is 5.39. The molecule has 0 aliphatic carbocycles. The van der Waals surface area contributed by atoms with Gasteiger partial charge in [-0.15, -0.1) is 0 Å². The van der Waals surface area contributed by atoms with Crippen molar-refractivity contribution < 1.29 is 9.47 Å². The first-order valence-electron chi connectivity index (χ1n) is 5.30. The van der Waals surface area contributed by atoms with Gasteiger partial charge in [-0.1, -0.05) is 0 Å². The van der Waals surface area contributed by atoms with Crippen LogP contribution < -0.4 is 0 Å². The van der Waals surface area contributed by atoms with E-state index in [9.17, 15) is 0 Å². The van der Waals surface area contributed by atoms with E-state index in [4.69, 9.17) is 21.7 Å². The van der Waals surface area contributed by atoms with E-state index < -0.39 is 0 Å². The molecule has 1 N–H and O–H groups in total. The fourth-order valence-corrected chi connectivity index (χ4v) is 2.06. The Bertz CT molecular complexity index is 549. The van der Waals surface area contributed by atoms with Crippen LogP contribution in [0.2, 0.25) is 0 Å². The molecule has 0 radical (unpaired) electrons. The first-order valence-corrected chi connectivity index (χ1v) is 5.71. The SMILES string of the molecule is COCC(Cn1c(=S)[nH]c2cnccc21)OC. The van der Waals surface area contributed by atoms with Gasteiger partial charge in [0.15, 0.2) is 4.77 Å². The summed E-state index contributed by atoms with van der Waals surface area (Å²) in [6.45, 7) is 1.20. The van der Waals surface area contributed by atoms with Gasteiger partial charge in [0.1, 0.15) is 0 Å². The molecule has 6 heteroatoms. The molecule has 1 unspecified atom stereocenters. The highest BCUT2D eigenvalue weighted by Gasteiger charge is 2.11. The minimum atomic E-state index is -0.0149. The molecule has 92 valence electrons. The minimum absolute atomic E-state index is 0.0149. The third-order valence-corrected chi connectivity index (χ3v) is 2.97.